The van der Waals surface area contributed by atoms with Crippen molar-refractivity contribution < 1.29 is 14.3 Å². The average molecular weight is 268 g/mol. The van der Waals surface area contributed by atoms with Crippen molar-refractivity contribution in [2.24, 2.45) is 0 Å². The third-order valence-corrected chi connectivity index (χ3v) is 3.48. The normalized spacial score (nSPS) is 11.2. The highest BCUT2D eigenvalue weighted by molar-refractivity contribution is 5.90. The van der Waals surface area contributed by atoms with Crippen LogP contribution in [-0.2, 0) is 0 Å². The van der Waals surface area contributed by atoms with Gasteiger partial charge in [0.1, 0.15) is 5.82 Å². The second kappa shape index (κ2) is 6.52. The Labute approximate surface area is 113 Å². The molecule has 19 heavy (non-hydrogen) atoms. The number of anilines is 1. The lowest BCUT2D eigenvalue weighted by atomic mass is 9.94. The van der Waals surface area contributed by atoms with Gasteiger partial charge in [-0.2, -0.15) is 0 Å². The van der Waals surface area contributed by atoms with Gasteiger partial charge < -0.3 is 15.7 Å². The minimum Gasteiger partial charge on any atom is -0.394 e. The Bertz CT molecular complexity index is 437. The van der Waals surface area contributed by atoms with E-state index in [1.807, 2.05) is 13.8 Å². The summed E-state index contributed by atoms with van der Waals surface area (Å²) in [5.74, 6) is -0.402. The zero-order valence-electron chi connectivity index (χ0n) is 11.6. The number of carbonyl (C=O) groups excluding carboxylic acids is 1. The molecule has 0 fully saturated rings. The van der Waals surface area contributed by atoms with Gasteiger partial charge in [-0.1, -0.05) is 19.9 Å². The van der Waals surface area contributed by atoms with E-state index in [-0.39, 0.29) is 6.61 Å². The highest BCUT2D eigenvalue weighted by Gasteiger charge is 2.27. The minimum atomic E-state index is -0.634. The summed E-state index contributed by atoms with van der Waals surface area (Å²) in [6, 6.07) is 3.78. The number of rotatable bonds is 5. The molecule has 3 N–H and O–H groups in total. The molecule has 1 aromatic rings. The Hall–Kier alpha value is -1.62. The van der Waals surface area contributed by atoms with E-state index < -0.39 is 17.4 Å². The highest BCUT2D eigenvalue weighted by atomic mass is 19.1. The smallest absolute Gasteiger partial charge is 0.319 e. The van der Waals surface area contributed by atoms with Gasteiger partial charge in [0.25, 0.3) is 0 Å². The first-order valence-corrected chi connectivity index (χ1v) is 6.42. The van der Waals surface area contributed by atoms with Gasteiger partial charge in [0.05, 0.1) is 12.1 Å². The average Bonchev–Trinajstić information content (AvgIpc) is 2.40. The van der Waals surface area contributed by atoms with Crippen molar-refractivity contribution in [3.63, 3.8) is 0 Å². The molecular weight excluding hydrogens is 247 g/mol. The molecule has 4 nitrogen and oxygen atoms in total. The summed E-state index contributed by atoms with van der Waals surface area (Å²) in [4.78, 5) is 11.9. The molecule has 0 spiro atoms. The fraction of sp³-hybridized carbons (Fsp3) is 0.500. The van der Waals surface area contributed by atoms with E-state index in [4.69, 9.17) is 0 Å². The van der Waals surface area contributed by atoms with Crippen molar-refractivity contribution in [3.8, 4) is 0 Å². The van der Waals surface area contributed by atoms with Gasteiger partial charge in [-0.3, -0.25) is 0 Å². The highest BCUT2D eigenvalue weighted by Crippen LogP contribution is 2.18. The quantitative estimate of drug-likeness (QED) is 0.769. The summed E-state index contributed by atoms with van der Waals surface area (Å²) in [5, 5.41) is 14.7. The van der Waals surface area contributed by atoms with Gasteiger partial charge in [-0.15, -0.1) is 0 Å². The standard InChI is InChI=1S/C14H21FN2O2/c1-4-14(5-2,9-18)17-13(19)16-12-8-11(15)7-6-10(12)3/h6-8,18H,4-5,9H2,1-3H3,(H2,16,17,19). The molecule has 0 saturated heterocycles. The van der Waals surface area contributed by atoms with E-state index >= 15 is 0 Å². The van der Waals surface area contributed by atoms with Crippen LogP contribution in [0.15, 0.2) is 18.2 Å². The lowest BCUT2D eigenvalue weighted by molar-refractivity contribution is 0.155. The molecule has 0 radical (unpaired) electrons. The molecule has 0 heterocycles. The summed E-state index contributed by atoms with van der Waals surface area (Å²) in [5.41, 5.74) is 0.571. The summed E-state index contributed by atoms with van der Waals surface area (Å²) in [6.07, 6.45) is 1.24. The Balaban J connectivity index is 2.77. The van der Waals surface area contributed by atoms with Crippen LogP contribution in [0.1, 0.15) is 32.3 Å². The predicted octanol–water partition coefficient (Wildman–Crippen LogP) is 2.81. The number of amides is 2. The Morgan fingerprint density at radius 3 is 2.53 bits per heavy atom. The third kappa shape index (κ3) is 3.92. The molecule has 0 bridgehead atoms. The number of benzene rings is 1. The van der Waals surface area contributed by atoms with Gasteiger partial charge in [-0.05, 0) is 37.5 Å². The van der Waals surface area contributed by atoms with E-state index in [0.717, 1.165) is 5.56 Å². The van der Waals surface area contributed by atoms with E-state index in [2.05, 4.69) is 10.6 Å². The van der Waals surface area contributed by atoms with Crippen LogP contribution in [0.25, 0.3) is 0 Å². The van der Waals surface area contributed by atoms with Crippen LogP contribution >= 0.6 is 0 Å². The monoisotopic (exact) mass is 268 g/mol. The second-order valence-corrected chi connectivity index (χ2v) is 4.68. The largest absolute Gasteiger partial charge is 0.394 e. The maximum absolute atomic E-state index is 13.1. The first-order chi connectivity index (χ1) is 8.96. The fourth-order valence-electron chi connectivity index (χ4n) is 1.81. The van der Waals surface area contributed by atoms with Crippen molar-refractivity contribution in [1.29, 1.82) is 0 Å². The fourth-order valence-corrected chi connectivity index (χ4v) is 1.81. The lowest BCUT2D eigenvalue weighted by Gasteiger charge is -2.30. The van der Waals surface area contributed by atoms with Crippen molar-refractivity contribution in [2.75, 3.05) is 11.9 Å². The number of hydrogen-bond donors (Lipinski definition) is 3. The summed E-state index contributed by atoms with van der Waals surface area (Å²) >= 11 is 0. The summed E-state index contributed by atoms with van der Waals surface area (Å²) in [7, 11) is 0. The Kier molecular flexibility index (Phi) is 5.30. The summed E-state index contributed by atoms with van der Waals surface area (Å²) in [6.45, 7) is 5.45. The molecule has 0 unspecified atom stereocenters. The maximum Gasteiger partial charge on any atom is 0.319 e. The number of urea groups is 1. The van der Waals surface area contributed by atoms with Crippen LogP contribution < -0.4 is 10.6 Å². The van der Waals surface area contributed by atoms with Crippen LogP contribution in [0.4, 0.5) is 14.9 Å². The molecule has 0 atom stereocenters. The Morgan fingerprint density at radius 2 is 2.00 bits per heavy atom. The lowest BCUT2D eigenvalue weighted by Crippen LogP contribution is -2.52. The predicted molar refractivity (Wildman–Crippen MR) is 73.7 cm³/mol. The molecule has 0 aliphatic carbocycles. The van der Waals surface area contributed by atoms with Gasteiger partial charge in [-0.25, -0.2) is 9.18 Å². The first-order valence-electron chi connectivity index (χ1n) is 6.42. The van der Waals surface area contributed by atoms with Crippen molar-refractivity contribution in [2.45, 2.75) is 39.2 Å². The van der Waals surface area contributed by atoms with Crippen LogP contribution in [0.2, 0.25) is 0 Å². The van der Waals surface area contributed by atoms with Gasteiger partial charge in [0, 0.05) is 5.69 Å². The van der Waals surface area contributed by atoms with Crippen molar-refractivity contribution >= 4 is 11.7 Å². The van der Waals surface area contributed by atoms with E-state index in [0.29, 0.717) is 18.5 Å². The minimum absolute atomic E-state index is 0.129. The van der Waals surface area contributed by atoms with Crippen LogP contribution in [0.3, 0.4) is 0 Å². The topological polar surface area (TPSA) is 61.4 Å². The number of aryl methyl sites for hydroxylation is 1. The zero-order chi connectivity index (χ0) is 14.5. The molecule has 0 saturated carbocycles. The van der Waals surface area contributed by atoms with Crippen LogP contribution in [0.5, 0.6) is 0 Å². The molecule has 2 amide bonds. The molecule has 0 aromatic heterocycles. The zero-order valence-corrected chi connectivity index (χ0v) is 11.6. The van der Waals surface area contributed by atoms with E-state index in [9.17, 15) is 14.3 Å². The molecule has 0 aliphatic rings. The molecular formula is C14H21FN2O2. The molecule has 1 aromatic carbocycles. The Morgan fingerprint density at radius 1 is 1.37 bits per heavy atom. The number of aliphatic hydroxyl groups is 1. The SMILES string of the molecule is CCC(CC)(CO)NC(=O)Nc1cc(F)ccc1C. The molecule has 1 rings (SSSR count). The first kappa shape index (κ1) is 15.4. The van der Waals surface area contributed by atoms with E-state index in [1.54, 1.807) is 13.0 Å². The third-order valence-electron chi connectivity index (χ3n) is 3.48. The van der Waals surface area contributed by atoms with Crippen LogP contribution in [-0.4, -0.2) is 23.3 Å². The number of carbonyl (C=O) groups is 1. The number of aliphatic hydroxyl groups excluding tert-OH is 1. The van der Waals surface area contributed by atoms with Crippen molar-refractivity contribution in [3.05, 3.63) is 29.6 Å². The molecule has 5 heteroatoms. The van der Waals surface area contributed by atoms with Gasteiger partial charge in [0.15, 0.2) is 0 Å². The maximum atomic E-state index is 13.1. The number of halogens is 1. The van der Waals surface area contributed by atoms with Gasteiger partial charge in [0.2, 0.25) is 0 Å². The molecule has 106 valence electrons. The van der Waals surface area contributed by atoms with Crippen molar-refractivity contribution in [1.82, 2.24) is 5.32 Å². The molecule has 0 aliphatic heterocycles. The van der Waals surface area contributed by atoms with E-state index in [1.165, 1.54) is 12.1 Å². The second-order valence-electron chi connectivity index (χ2n) is 4.68. The van der Waals surface area contributed by atoms with Gasteiger partial charge >= 0.3 is 6.03 Å². The number of hydrogen-bond acceptors (Lipinski definition) is 2. The summed E-state index contributed by atoms with van der Waals surface area (Å²) < 4.78 is 13.1. The number of nitrogens with one attached hydrogen (secondary N) is 2. The van der Waals surface area contributed by atoms with Crippen LogP contribution in [0, 0.1) is 12.7 Å².